The van der Waals surface area contributed by atoms with Crippen LogP contribution in [0.2, 0.25) is 0 Å². The molecule has 2 aromatic carbocycles. The van der Waals surface area contributed by atoms with Crippen LogP contribution in [0.4, 0.5) is 10.1 Å². The second-order valence-electron chi connectivity index (χ2n) is 7.05. The number of rotatable bonds is 6. The van der Waals surface area contributed by atoms with Gasteiger partial charge in [0.05, 0.1) is 6.04 Å². The highest BCUT2D eigenvalue weighted by Crippen LogP contribution is 2.27. The predicted molar refractivity (Wildman–Crippen MR) is 114 cm³/mol. The van der Waals surface area contributed by atoms with Gasteiger partial charge in [0.2, 0.25) is 0 Å². The molecular weight excluding hydrogens is 403 g/mol. The Bertz CT molecular complexity index is 1020. The van der Waals surface area contributed by atoms with Gasteiger partial charge in [0.15, 0.2) is 0 Å². The SMILES string of the molecule is O=C(N[C@@H](c1ccc(F)cc1)c1cccs1)c1cccc(NC(=O)[C@H]2CCCO2)c1. The van der Waals surface area contributed by atoms with E-state index in [1.54, 1.807) is 36.4 Å². The quantitative estimate of drug-likeness (QED) is 0.611. The van der Waals surface area contributed by atoms with E-state index in [1.165, 1.54) is 23.5 Å². The van der Waals surface area contributed by atoms with Crippen LogP contribution in [0.15, 0.2) is 66.0 Å². The number of hydrogen-bond donors (Lipinski definition) is 2. The molecule has 2 N–H and O–H groups in total. The second kappa shape index (κ2) is 9.19. The van der Waals surface area contributed by atoms with Gasteiger partial charge < -0.3 is 15.4 Å². The van der Waals surface area contributed by atoms with Crippen LogP contribution in [0.25, 0.3) is 0 Å². The summed E-state index contributed by atoms with van der Waals surface area (Å²) < 4.78 is 18.8. The third-order valence-electron chi connectivity index (χ3n) is 4.92. The van der Waals surface area contributed by atoms with Gasteiger partial charge in [-0.25, -0.2) is 4.39 Å². The van der Waals surface area contributed by atoms with Gasteiger partial charge in [-0.3, -0.25) is 9.59 Å². The van der Waals surface area contributed by atoms with Crippen molar-refractivity contribution in [1.29, 1.82) is 0 Å². The van der Waals surface area contributed by atoms with Crippen molar-refractivity contribution in [2.75, 3.05) is 11.9 Å². The van der Waals surface area contributed by atoms with Crippen molar-refractivity contribution >= 4 is 28.8 Å². The molecule has 3 aromatic rings. The molecule has 2 atom stereocenters. The van der Waals surface area contributed by atoms with Gasteiger partial charge >= 0.3 is 0 Å². The van der Waals surface area contributed by atoms with Crippen LogP contribution < -0.4 is 10.6 Å². The van der Waals surface area contributed by atoms with Gasteiger partial charge in [-0.05, 0) is 60.2 Å². The summed E-state index contributed by atoms with van der Waals surface area (Å²) in [6.45, 7) is 0.591. The molecule has 154 valence electrons. The first-order valence-electron chi connectivity index (χ1n) is 9.72. The van der Waals surface area contributed by atoms with Crippen LogP contribution in [0.3, 0.4) is 0 Å². The minimum absolute atomic E-state index is 0.201. The Morgan fingerprint density at radius 3 is 2.63 bits per heavy atom. The van der Waals surface area contributed by atoms with E-state index in [9.17, 15) is 14.0 Å². The number of carbonyl (C=O) groups is 2. The highest BCUT2D eigenvalue weighted by molar-refractivity contribution is 7.10. The summed E-state index contributed by atoms with van der Waals surface area (Å²) in [5, 5.41) is 7.76. The van der Waals surface area contributed by atoms with E-state index in [-0.39, 0.29) is 17.6 Å². The molecule has 1 saturated heterocycles. The van der Waals surface area contributed by atoms with Gasteiger partial charge in [-0.2, -0.15) is 0 Å². The zero-order valence-electron chi connectivity index (χ0n) is 16.1. The van der Waals surface area contributed by atoms with Gasteiger partial charge in [-0.15, -0.1) is 11.3 Å². The summed E-state index contributed by atoms with van der Waals surface area (Å²) in [7, 11) is 0. The van der Waals surface area contributed by atoms with Crippen molar-refractivity contribution in [2.24, 2.45) is 0 Å². The molecule has 2 amide bonds. The molecule has 1 aromatic heterocycles. The zero-order chi connectivity index (χ0) is 20.9. The smallest absolute Gasteiger partial charge is 0.253 e. The summed E-state index contributed by atoms with van der Waals surface area (Å²) in [5.74, 6) is -0.816. The van der Waals surface area contributed by atoms with Crippen molar-refractivity contribution in [2.45, 2.75) is 25.0 Å². The van der Waals surface area contributed by atoms with Gasteiger partial charge in [-0.1, -0.05) is 24.3 Å². The molecule has 1 aliphatic heterocycles. The molecule has 0 aliphatic carbocycles. The fourth-order valence-electron chi connectivity index (χ4n) is 3.39. The molecule has 0 saturated carbocycles. The Labute approximate surface area is 177 Å². The Morgan fingerprint density at radius 2 is 1.93 bits per heavy atom. The number of anilines is 1. The molecule has 30 heavy (non-hydrogen) atoms. The van der Waals surface area contributed by atoms with Crippen molar-refractivity contribution < 1.29 is 18.7 Å². The van der Waals surface area contributed by atoms with E-state index in [2.05, 4.69) is 10.6 Å². The number of thiophene rings is 1. The van der Waals surface area contributed by atoms with E-state index in [4.69, 9.17) is 4.74 Å². The number of carbonyl (C=O) groups excluding carboxylic acids is 2. The van der Waals surface area contributed by atoms with Crippen molar-refractivity contribution in [3.05, 3.63) is 87.9 Å². The lowest BCUT2D eigenvalue weighted by atomic mass is 10.0. The normalized spacial score (nSPS) is 16.8. The molecule has 1 fully saturated rings. The fraction of sp³-hybridized carbons (Fsp3) is 0.217. The Morgan fingerprint density at radius 1 is 1.10 bits per heavy atom. The third kappa shape index (κ3) is 4.75. The highest BCUT2D eigenvalue weighted by atomic mass is 32.1. The molecule has 7 heteroatoms. The lowest BCUT2D eigenvalue weighted by Gasteiger charge is -2.18. The maximum atomic E-state index is 13.4. The molecule has 0 bridgehead atoms. The van der Waals surface area contributed by atoms with E-state index in [1.807, 2.05) is 17.5 Å². The van der Waals surface area contributed by atoms with E-state index in [0.717, 1.165) is 16.9 Å². The average molecular weight is 424 g/mol. The first-order chi connectivity index (χ1) is 14.6. The first-order valence-corrected chi connectivity index (χ1v) is 10.6. The van der Waals surface area contributed by atoms with Crippen LogP contribution in [0.5, 0.6) is 0 Å². The fourth-order valence-corrected chi connectivity index (χ4v) is 4.19. The van der Waals surface area contributed by atoms with Gasteiger partial charge in [0, 0.05) is 22.7 Å². The summed E-state index contributed by atoms with van der Waals surface area (Å²) >= 11 is 1.51. The summed E-state index contributed by atoms with van der Waals surface area (Å²) in [6, 6.07) is 16.3. The maximum absolute atomic E-state index is 13.4. The standard InChI is InChI=1S/C23H21FN2O3S/c24-17-10-8-15(9-11-17)21(20-7-3-13-30-20)26-22(27)16-4-1-5-18(14-16)25-23(28)19-6-2-12-29-19/h1,3-5,7-11,13-14,19,21H,2,6,12H2,(H,25,28)(H,26,27)/t19-,21+/m1/s1. The number of benzene rings is 2. The monoisotopic (exact) mass is 424 g/mol. The minimum atomic E-state index is -0.441. The van der Waals surface area contributed by atoms with E-state index >= 15 is 0 Å². The Kier molecular flexibility index (Phi) is 6.21. The van der Waals surface area contributed by atoms with Gasteiger partial charge in [0.1, 0.15) is 11.9 Å². The second-order valence-corrected chi connectivity index (χ2v) is 8.02. The van der Waals surface area contributed by atoms with E-state index in [0.29, 0.717) is 24.3 Å². The number of nitrogens with one attached hydrogen (secondary N) is 2. The molecule has 1 aliphatic rings. The van der Waals surface area contributed by atoms with Crippen LogP contribution in [-0.4, -0.2) is 24.5 Å². The number of halogens is 1. The van der Waals surface area contributed by atoms with Crippen LogP contribution >= 0.6 is 11.3 Å². The van der Waals surface area contributed by atoms with Crippen LogP contribution in [0, 0.1) is 5.82 Å². The third-order valence-corrected chi connectivity index (χ3v) is 5.86. The average Bonchev–Trinajstić information content (AvgIpc) is 3.47. The zero-order valence-corrected chi connectivity index (χ0v) is 17.0. The molecule has 4 rings (SSSR count). The highest BCUT2D eigenvalue weighted by Gasteiger charge is 2.24. The molecule has 0 radical (unpaired) electrons. The number of ether oxygens (including phenoxy) is 1. The maximum Gasteiger partial charge on any atom is 0.253 e. The van der Waals surface area contributed by atoms with Crippen molar-refractivity contribution in [1.82, 2.24) is 5.32 Å². The number of amides is 2. The Balaban J connectivity index is 1.51. The van der Waals surface area contributed by atoms with Gasteiger partial charge in [0.25, 0.3) is 11.8 Å². The van der Waals surface area contributed by atoms with Crippen LogP contribution in [0.1, 0.15) is 39.7 Å². The molecule has 5 nitrogen and oxygen atoms in total. The predicted octanol–water partition coefficient (Wildman–Crippen LogP) is 4.52. The minimum Gasteiger partial charge on any atom is -0.368 e. The summed E-state index contributed by atoms with van der Waals surface area (Å²) in [5.41, 5.74) is 1.75. The number of hydrogen-bond acceptors (Lipinski definition) is 4. The molecule has 0 unspecified atom stereocenters. The van der Waals surface area contributed by atoms with E-state index < -0.39 is 12.1 Å². The van der Waals surface area contributed by atoms with Crippen molar-refractivity contribution in [3.8, 4) is 0 Å². The van der Waals surface area contributed by atoms with Crippen molar-refractivity contribution in [3.63, 3.8) is 0 Å². The topological polar surface area (TPSA) is 67.4 Å². The molecule has 0 spiro atoms. The van der Waals surface area contributed by atoms with Crippen LogP contribution in [-0.2, 0) is 9.53 Å². The molecular formula is C23H21FN2O3S. The first kappa shape index (κ1) is 20.3. The lowest BCUT2D eigenvalue weighted by molar-refractivity contribution is -0.124. The molecule has 2 heterocycles. The summed E-state index contributed by atoms with van der Waals surface area (Å²) in [4.78, 5) is 26.2. The Hall–Kier alpha value is -3.03. The lowest BCUT2D eigenvalue weighted by Crippen LogP contribution is -2.29. The summed E-state index contributed by atoms with van der Waals surface area (Å²) in [6.07, 6.45) is 1.13. The largest absolute Gasteiger partial charge is 0.368 e.